The molecule has 0 aliphatic heterocycles. The van der Waals surface area contributed by atoms with E-state index in [1.54, 1.807) is 6.20 Å². The van der Waals surface area contributed by atoms with Crippen LogP contribution in [0.4, 0.5) is 0 Å². The van der Waals surface area contributed by atoms with Crippen molar-refractivity contribution in [2.45, 2.75) is 5.75 Å². The average Bonchev–Trinajstić information content (AvgIpc) is 2.14. The fourth-order valence-electron chi connectivity index (χ4n) is 0.417. The summed E-state index contributed by atoms with van der Waals surface area (Å²) in [5.41, 5.74) is 0. The SMILES string of the molecule is SCc1ncc(Br)[nH]1. The quantitative estimate of drug-likeness (QED) is 0.651. The minimum atomic E-state index is 0.658. The van der Waals surface area contributed by atoms with E-state index in [1.165, 1.54) is 0 Å². The summed E-state index contributed by atoms with van der Waals surface area (Å²) in [6.07, 6.45) is 1.71. The molecule has 0 bridgehead atoms. The first kappa shape index (κ1) is 6.16. The largest absolute Gasteiger partial charge is 0.336 e. The Morgan fingerprint density at radius 1 is 1.88 bits per heavy atom. The minimum Gasteiger partial charge on any atom is -0.336 e. The maximum absolute atomic E-state index is 4.01. The molecule has 0 aliphatic carbocycles. The normalized spacial score (nSPS) is 9.75. The van der Waals surface area contributed by atoms with Crippen LogP contribution in [0.3, 0.4) is 0 Å². The topological polar surface area (TPSA) is 28.7 Å². The number of halogens is 1. The van der Waals surface area contributed by atoms with Crippen LogP contribution in [0.2, 0.25) is 0 Å². The van der Waals surface area contributed by atoms with E-state index in [1.807, 2.05) is 0 Å². The highest BCUT2D eigenvalue weighted by molar-refractivity contribution is 9.10. The fourth-order valence-corrected chi connectivity index (χ4v) is 0.909. The van der Waals surface area contributed by atoms with Crippen molar-refractivity contribution in [3.8, 4) is 0 Å². The second-order valence-corrected chi connectivity index (χ2v) is 2.51. The number of nitrogens with zero attached hydrogens (tertiary/aromatic N) is 1. The van der Waals surface area contributed by atoms with Gasteiger partial charge >= 0.3 is 0 Å². The molecule has 0 radical (unpaired) electrons. The first-order chi connectivity index (χ1) is 3.83. The zero-order valence-corrected chi connectivity index (χ0v) is 6.54. The Kier molecular flexibility index (Phi) is 1.96. The van der Waals surface area contributed by atoms with Gasteiger partial charge in [0.1, 0.15) is 10.4 Å². The van der Waals surface area contributed by atoms with Crippen molar-refractivity contribution in [2.24, 2.45) is 0 Å². The molecule has 0 amide bonds. The lowest BCUT2D eigenvalue weighted by Gasteiger charge is -1.80. The van der Waals surface area contributed by atoms with Gasteiger partial charge in [-0.05, 0) is 15.9 Å². The molecule has 4 heteroatoms. The van der Waals surface area contributed by atoms with Gasteiger partial charge in [-0.15, -0.1) is 0 Å². The number of H-pyrrole nitrogens is 1. The molecule has 0 spiro atoms. The highest BCUT2D eigenvalue weighted by atomic mass is 79.9. The van der Waals surface area contributed by atoms with E-state index >= 15 is 0 Å². The monoisotopic (exact) mass is 192 g/mol. The molecule has 0 unspecified atom stereocenters. The van der Waals surface area contributed by atoms with Gasteiger partial charge in [0.05, 0.1) is 6.20 Å². The third-order valence-corrected chi connectivity index (χ3v) is 1.45. The predicted octanol–water partition coefficient (Wildman–Crippen LogP) is 1.60. The third-order valence-electron chi connectivity index (χ3n) is 0.747. The first-order valence-electron chi connectivity index (χ1n) is 2.13. The van der Waals surface area contributed by atoms with E-state index in [-0.39, 0.29) is 0 Å². The van der Waals surface area contributed by atoms with E-state index in [0.29, 0.717) is 5.75 Å². The lowest BCUT2D eigenvalue weighted by Crippen LogP contribution is -1.77. The summed E-state index contributed by atoms with van der Waals surface area (Å²) in [5, 5.41) is 0. The van der Waals surface area contributed by atoms with E-state index in [9.17, 15) is 0 Å². The Morgan fingerprint density at radius 3 is 2.88 bits per heavy atom. The summed E-state index contributed by atoms with van der Waals surface area (Å²) in [6.45, 7) is 0. The molecule has 0 fully saturated rings. The molecule has 8 heavy (non-hydrogen) atoms. The van der Waals surface area contributed by atoms with Crippen LogP contribution < -0.4 is 0 Å². The van der Waals surface area contributed by atoms with E-state index in [2.05, 4.69) is 38.5 Å². The number of thiol groups is 1. The summed E-state index contributed by atoms with van der Waals surface area (Å²) in [7, 11) is 0. The van der Waals surface area contributed by atoms with Crippen molar-refractivity contribution >= 4 is 28.6 Å². The standard InChI is InChI=1S/C4H5BrN2S/c5-3-1-6-4(2-8)7-3/h1,8H,2H2,(H,6,7). The Balaban J connectivity index is 2.84. The molecule has 2 nitrogen and oxygen atoms in total. The van der Waals surface area contributed by atoms with Crippen molar-refractivity contribution < 1.29 is 0 Å². The van der Waals surface area contributed by atoms with Gasteiger partial charge in [-0.3, -0.25) is 0 Å². The number of hydrogen-bond acceptors (Lipinski definition) is 2. The van der Waals surface area contributed by atoms with Crippen LogP contribution in [-0.4, -0.2) is 9.97 Å². The van der Waals surface area contributed by atoms with Crippen molar-refractivity contribution in [3.05, 3.63) is 16.6 Å². The lowest BCUT2D eigenvalue weighted by atomic mass is 10.7. The van der Waals surface area contributed by atoms with Crippen LogP contribution >= 0.6 is 28.6 Å². The maximum atomic E-state index is 4.01. The molecule has 0 saturated carbocycles. The smallest absolute Gasteiger partial charge is 0.116 e. The molecule has 1 rings (SSSR count). The van der Waals surface area contributed by atoms with Crippen molar-refractivity contribution in [2.75, 3.05) is 0 Å². The highest BCUT2D eigenvalue weighted by Gasteiger charge is 1.91. The zero-order chi connectivity index (χ0) is 5.98. The number of aromatic amines is 1. The number of aromatic nitrogens is 2. The van der Waals surface area contributed by atoms with E-state index in [4.69, 9.17) is 0 Å². The predicted molar refractivity (Wildman–Crippen MR) is 39.0 cm³/mol. The molecule has 1 aromatic rings. The van der Waals surface area contributed by atoms with E-state index in [0.717, 1.165) is 10.4 Å². The molecule has 0 aromatic carbocycles. The number of imidazole rings is 1. The van der Waals surface area contributed by atoms with Gasteiger partial charge in [0.2, 0.25) is 0 Å². The van der Waals surface area contributed by atoms with Crippen molar-refractivity contribution in [1.82, 2.24) is 9.97 Å². The third kappa shape index (κ3) is 1.26. The summed E-state index contributed by atoms with van der Waals surface area (Å²) in [5.74, 6) is 1.55. The van der Waals surface area contributed by atoms with Crippen LogP contribution in [0.25, 0.3) is 0 Å². The molecule has 1 heterocycles. The van der Waals surface area contributed by atoms with Gasteiger partial charge < -0.3 is 4.98 Å². The lowest BCUT2D eigenvalue weighted by molar-refractivity contribution is 1.12. The summed E-state index contributed by atoms with van der Waals surface area (Å²) < 4.78 is 0.904. The Labute approximate surface area is 61.2 Å². The fraction of sp³-hybridized carbons (Fsp3) is 0.250. The van der Waals surface area contributed by atoms with Gasteiger partial charge in [-0.1, -0.05) is 0 Å². The summed E-state index contributed by atoms with van der Waals surface area (Å²) >= 11 is 7.23. The Bertz CT molecular complexity index is 174. The Morgan fingerprint density at radius 2 is 2.62 bits per heavy atom. The van der Waals surface area contributed by atoms with Crippen molar-refractivity contribution in [3.63, 3.8) is 0 Å². The van der Waals surface area contributed by atoms with Crippen LogP contribution in [-0.2, 0) is 5.75 Å². The van der Waals surface area contributed by atoms with Gasteiger partial charge in [0.15, 0.2) is 0 Å². The van der Waals surface area contributed by atoms with Gasteiger partial charge in [-0.25, -0.2) is 4.98 Å². The number of rotatable bonds is 1. The molecule has 0 atom stereocenters. The van der Waals surface area contributed by atoms with Crippen molar-refractivity contribution in [1.29, 1.82) is 0 Å². The Hall–Kier alpha value is 0.0400. The van der Waals surface area contributed by atoms with Crippen LogP contribution in [0.1, 0.15) is 5.82 Å². The summed E-state index contributed by atoms with van der Waals surface area (Å²) in [4.78, 5) is 6.91. The van der Waals surface area contributed by atoms with Gasteiger partial charge in [-0.2, -0.15) is 12.6 Å². The maximum Gasteiger partial charge on any atom is 0.116 e. The van der Waals surface area contributed by atoms with Crippen LogP contribution in [0, 0.1) is 0 Å². The molecule has 1 N–H and O–H groups in total. The van der Waals surface area contributed by atoms with E-state index < -0.39 is 0 Å². The zero-order valence-electron chi connectivity index (χ0n) is 4.06. The van der Waals surface area contributed by atoms with Gasteiger partial charge in [0.25, 0.3) is 0 Å². The van der Waals surface area contributed by atoms with Crippen LogP contribution in [0.5, 0.6) is 0 Å². The molecule has 0 aliphatic rings. The second kappa shape index (κ2) is 2.55. The number of nitrogens with one attached hydrogen (secondary N) is 1. The van der Waals surface area contributed by atoms with Crippen LogP contribution in [0.15, 0.2) is 10.8 Å². The first-order valence-corrected chi connectivity index (χ1v) is 3.55. The highest BCUT2D eigenvalue weighted by Crippen LogP contribution is 2.05. The minimum absolute atomic E-state index is 0.658. The number of hydrogen-bond donors (Lipinski definition) is 2. The molecular weight excluding hydrogens is 188 g/mol. The summed E-state index contributed by atoms with van der Waals surface area (Å²) in [6, 6.07) is 0. The van der Waals surface area contributed by atoms with Gasteiger partial charge in [0, 0.05) is 5.75 Å². The average molecular weight is 193 g/mol. The molecule has 0 saturated heterocycles. The molecule has 44 valence electrons. The second-order valence-electron chi connectivity index (χ2n) is 1.34. The molecular formula is C4H5BrN2S. The molecule has 1 aromatic heterocycles.